The van der Waals surface area contributed by atoms with Crippen LogP contribution in [0.15, 0.2) is 30.3 Å². The summed E-state index contributed by atoms with van der Waals surface area (Å²) in [5.41, 5.74) is 5.16. The number of amides is 2. The zero-order valence-electron chi connectivity index (χ0n) is 11.3. The number of carbonyl (C=O) groups excluding carboxylic acids is 2. The van der Waals surface area contributed by atoms with Crippen LogP contribution < -0.4 is 5.73 Å². The Hall–Kier alpha value is -1.88. The third-order valence-corrected chi connectivity index (χ3v) is 3.83. The van der Waals surface area contributed by atoms with E-state index in [1.54, 1.807) is 0 Å². The molecule has 1 aromatic carbocycles. The highest BCUT2D eigenvalue weighted by atomic mass is 16.3. The molecule has 0 bridgehead atoms. The van der Waals surface area contributed by atoms with Gasteiger partial charge in [0.1, 0.15) is 5.54 Å². The number of aliphatic hydroxyl groups is 1. The summed E-state index contributed by atoms with van der Waals surface area (Å²) in [4.78, 5) is 25.2. The van der Waals surface area contributed by atoms with E-state index in [9.17, 15) is 14.7 Å². The summed E-state index contributed by atoms with van der Waals surface area (Å²) >= 11 is 0. The highest BCUT2D eigenvalue weighted by Gasteiger charge is 2.47. The van der Waals surface area contributed by atoms with Crippen LogP contribution in [-0.2, 0) is 16.0 Å². The molecular weight excluding hydrogens is 256 g/mol. The summed E-state index contributed by atoms with van der Waals surface area (Å²) in [6, 6.07) is 9.59. The van der Waals surface area contributed by atoms with E-state index in [2.05, 4.69) is 0 Å². The first-order chi connectivity index (χ1) is 9.60. The van der Waals surface area contributed by atoms with Crippen LogP contribution in [-0.4, -0.2) is 40.5 Å². The van der Waals surface area contributed by atoms with Gasteiger partial charge in [0.15, 0.2) is 0 Å². The van der Waals surface area contributed by atoms with Crippen molar-refractivity contribution in [3.8, 4) is 0 Å². The fraction of sp³-hybridized carbons (Fsp3) is 0.400. The Balaban J connectivity index is 2.03. The molecule has 1 fully saturated rings. The summed E-state index contributed by atoms with van der Waals surface area (Å²) in [5.74, 6) is -0.891. The average Bonchev–Trinajstić information content (AvgIpc) is 2.91. The third kappa shape index (κ3) is 2.67. The predicted molar refractivity (Wildman–Crippen MR) is 74.4 cm³/mol. The van der Waals surface area contributed by atoms with Crippen molar-refractivity contribution in [3.63, 3.8) is 0 Å². The molecule has 3 N–H and O–H groups in total. The molecule has 1 saturated heterocycles. The van der Waals surface area contributed by atoms with E-state index in [1.807, 2.05) is 30.3 Å². The molecule has 1 heterocycles. The van der Waals surface area contributed by atoms with Gasteiger partial charge < -0.3 is 15.7 Å². The van der Waals surface area contributed by atoms with Crippen molar-refractivity contribution in [3.05, 3.63) is 42.3 Å². The molecule has 1 aliphatic heterocycles. The second kappa shape index (κ2) is 6.05. The molecule has 2 rings (SSSR count). The number of benzene rings is 1. The van der Waals surface area contributed by atoms with Crippen LogP contribution in [0.1, 0.15) is 18.4 Å². The van der Waals surface area contributed by atoms with Crippen LogP contribution >= 0.6 is 0 Å². The number of likely N-dealkylation sites (tertiary alicyclic amines) is 1. The van der Waals surface area contributed by atoms with Gasteiger partial charge in [0.25, 0.3) is 0 Å². The van der Waals surface area contributed by atoms with E-state index >= 15 is 0 Å². The summed E-state index contributed by atoms with van der Waals surface area (Å²) in [6.07, 6.45) is 3.13. The molecule has 1 unspecified atom stereocenters. The number of rotatable bonds is 5. The van der Waals surface area contributed by atoms with E-state index < -0.39 is 18.1 Å². The van der Waals surface area contributed by atoms with E-state index in [0.29, 0.717) is 25.8 Å². The molecule has 0 spiro atoms. The lowest BCUT2D eigenvalue weighted by molar-refractivity contribution is -0.143. The van der Waals surface area contributed by atoms with Crippen molar-refractivity contribution in [2.45, 2.75) is 24.8 Å². The molecule has 0 aliphatic carbocycles. The first kappa shape index (κ1) is 14.5. The largest absolute Gasteiger partial charge is 0.393 e. The Kier molecular flexibility index (Phi) is 4.39. The van der Waals surface area contributed by atoms with Crippen molar-refractivity contribution in [1.82, 2.24) is 4.90 Å². The summed E-state index contributed by atoms with van der Waals surface area (Å²) in [6.45, 7) is 0.0286. The SMILES string of the molecule is NC(=O)C1(CO)CCCN1C(=O)[CH]Cc1ccccc1. The number of nitrogens with two attached hydrogens (primary N) is 1. The topological polar surface area (TPSA) is 83.6 Å². The van der Waals surface area contributed by atoms with Crippen molar-refractivity contribution in [2.75, 3.05) is 13.2 Å². The number of aliphatic hydroxyl groups excluding tert-OH is 1. The zero-order valence-corrected chi connectivity index (χ0v) is 11.3. The lowest BCUT2D eigenvalue weighted by Gasteiger charge is -2.34. The van der Waals surface area contributed by atoms with Gasteiger partial charge in [-0.15, -0.1) is 0 Å². The summed E-state index contributed by atoms with van der Waals surface area (Å²) in [7, 11) is 0. The monoisotopic (exact) mass is 275 g/mol. The molecule has 0 saturated carbocycles. The van der Waals surface area contributed by atoms with Crippen molar-refractivity contribution in [2.24, 2.45) is 5.73 Å². The molecule has 1 aromatic rings. The van der Waals surface area contributed by atoms with Gasteiger partial charge in [-0.3, -0.25) is 9.59 Å². The number of nitrogens with zero attached hydrogens (tertiary/aromatic N) is 1. The van der Waals surface area contributed by atoms with Crippen LogP contribution in [0, 0.1) is 6.42 Å². The maximum absolute atomic E-state index is 12.2. The van der Waals surface area contributed by atoms with Gasteiger partial charge in [-0.1, -0.05) is 30.3 Å². The van der Waals surface area contributed by atoms with Crippen molar-refractivity contribution in [1.29, 1.82) is 0 Å². The molecular formula is C15H19N2O3. The Morgan fingerprint density at radius 2 is 2.05 bits per heavy atom. The summed E-state index contributed by atoms with van der Waals surface area (Å²) < 4.78 is 0. The minimum Gasteiger partial charge on any atom is -0.393 e. The fourth-order valence-corrected chi connectivity index (χ4v) is 2.63. The maximum Gasteiger partial charge on any atom is 0.245 e. The van der Waals surface area contributed by atoms with E-state index in [1.165, 1.54) is 11.3 Å². The van der Waals surface area contributed by atoms with Gasteiger partial charge in [-0.25, -0.2) is 0 Å². The Labute approximate surface area is 118 Å². The zero-order chi connectivity index (χ0) is 14.6. The van der Waals surface area contributed by atoms with E-state index in [-0.39, 0.29) is 5.91 Å². The molecule has 1 aliphatic rings. The Morgan fingerprint density at radius 3 is 2.65 bits per heavy atom. The summed E-state index contributed by atoms with van der Waals surface area (Å²) in [5, 5.41) is 9.48. The van der Waals surface area contributed by atoms with Crippen LogP contribution in [0.25, 0.3) is 0 Å². The highest BCUT2D eigenvalue weighted by molar-refractivity contribution is 5.94. The second-order valence-electron chi connectivity index (χ2n) is 5.04. The first-order valence-electron chi connectivity index (χ1n) is 6.69. The standard InChI is InChI=1S/C15H19N2O3/c16-14(20)15(11-18)9-4-10-17(15)13(19)8-7-12-5-2-1-3-6-12/h1-3,5-6,8,18H,4,7,9-11H2,(H2,16,20). The predicted octanol–water partition coefficient (Wildman–Crippen LogP) is 0.272. The lowest BCUT2D eigenvalue weighted by Crippen LogP contribution is -2.58. The van der Waals surface area contributed by atoms with Gasteiger partial charge >= 0.3 is 0 Å². The Morgan fingerprint density at radius 1 is 1.35 bits per heavy atom. The third-order valence-electron chi connectivity index (χ3n) is 3.83. The minimum absolute atomic E-state index is 0.251. The molecule has 1 radical (unpaired) electrons. The lowest BCUT2D eigenvalue weighted by atomic mass is 9.96. The average molecular weight is 275 g/mol. The van der Waals surface area contributed by atoms with Crippen LogP contribution in [0.3, 0.4) is 0 Å². The molecule has 2 amide bonds. The number of primary amides is 1. The molecule has 5 heteroatoms. The van der Waals surface area contributed by atoms with Gasteiger partial charge in [0.2, 0.25) is 11.8 Å². The molecule has 20 heavy (non-hydrogen) atoms. The molecule has 0 aromatic heterocycles. The van der Waals surface area contributed by atoms with Gasteiger partial charge in [0.05, 0.1) is 13.0 Å². The van der Waals surface area contributed by atoms with E-state index in [0.717, 1.165) is 5.56 Å². The Bertz CT molecular complexity index is 489. The quantitative estimate of drug-likeness (QED) is 0.809. The van der Waals surface area contributed by atoms with Gasteiger partial charge in [-0.05, 0) is 24.8 Å². The maximum atomic E-state index is 12.2. The molecule has 5 nitrogen and oxygen atoms in total. The van der Waals surface area contributed by atoms with Gasteiger partial charge in [0, 0.05) is 6.54 Å². The van der Waals surface area contributed by atoms with Crippen LogP contribution in [0.2, 0.25) is 0 Å². The fourth-order valence-electron chi connectivity index (χ4n) is 2.63. The highest BCUT2D eigenvalue weighted by Crippen LogP contribution is 2.29. The number of hydrogen-bond acceptors (Lipinski definition) is 3. The van der Waals surface area contributed by atoms with Crippen molar-refractivity contribution >= 4 is 11.8 Å². The van der Waals surface area contributed by atoms with E-state index in [4.69, 9.17) is 5.73 Å². The second-order valence-corrected chi connectivity index (χ2v) is 5.04. The van der Waals surface area contributed by atoms with Crippen molar-refractivity contribution < 1.29 is 14.7 Å². The number of hydrogen-bond donors (Lipinski definition) is 2. The smallest absolute Gasteiger partial charge is 0.245 e. The molecule has 1 atom stereocenters. The minimum atomic E-state index is -1.23. The number of carbonyl (C=O) groups is 2. The first-order valence-corrected chi connectivity index (χ1v) is 6.69. The van der Waals surface area contributed by atoms with Crippen LogP contribution in [0.4, 0.5) is 0 Å². The normalized spacial score (nSPS) is 21.9. The molecule has 107 valence electrons. The van der Waals surface area contributed by atoms with Crippen LogP contribution in [0.5, 0.6) is 0 Å². The van der Waals surface area contributed by atoms with Gasteiger partial charge in [-0.2, -0.15) is 0 Å².